The first-order valence-electron chi connectivity index (χ1n) is 5.81. The van der Waals surface area contributed by atoms with Crippen molar-refractivity contribution in [3.63, 3.8) is 0 Å². The third-order valence-electron chi connectivity index (χ3n) is 2.60. The van der Waals surface area contributed by atoms with Gasteiger partial charge in [0.05, 0.1) is 6.42 Å². The van der Waals surface area contributed by atoms with Gasteiger partial charge in [-0.25, -0.2) is 0 Å². The fraction of sp³-hybridized carbons (Fsp3) is 0.385. The topological polar surface area (TPSA) is 107 Å². The number of hydrogen-bond donors (Lipinski definition) is 4. The summed E-state index contributed by atoms with van der Waals surface area (Å²) >= 11 is 0. The van der Waals surface area contributed by atoms with Gasteiger partial charge < -0.3 is 20.6 Å². The zero-order chi connectivity index (χ0) is 14.4. The summed E-state index contributed by atoms with van der Waals surface area (Å²) in [5.41, 5.74) is 1.08. The van der Waals surface area contributed by atoms with Crippen molar-refractivity contribution in [2.24, 2.45) is 0 Å². The molecule has 0 aliphatic heterocycles. The quantitative estimate of drug-likeness (QED) is 0.573. The smallest absolute Gasteiger partial charge is 0.307 e. The van der Waals surface area contributed by atoms with E-state index in [1.54, 1.807) is 24.3 Å². The van der Waals surface area contributed by atoms with E-state index in [0.29, 0.717) is 11.1 Å². The van der Waals surface area contributed by atoms with E-state index in [0.717, 1.165) is 0 Å². The van der Waals surface area contributed by atoms with Crippen LogP contribution in [0, 0.1) is 0 Å². The molecular weight excluding hydrogens is 250 g/mol. The van der Waals surface area contributed by atoms with Crippen LogP contribution < -0.4 is 5.32 Å². The molecule has 0 aliphatic rings. The summed E-state index contributed by atoms with van der Waals surface area (Å²) in [7, 11) is 0. The first-order valence-corrected chi connectivity index (χ1v) is 5.81. The van der Waals surface area contributed by atoms with Crippen LogP contribution in [0.4, 0.5) is 0 Å². The van der Waals surface area contributed by atoms with Gasteiger partial charge >= 0.3 is 5.97 Å². The molecule has 2 unspecified atom stereocenters. The maximum Gasteiger partial charge on any atom is 0.307 e. The van der Waals surface area contributed by atoms with Gasteiger partial charge in [0.15, 0.2) is 0 Å². The number of aliphatic carboxylic acids is 1. The summed E-state index contributed by atoms with van der Waals surface area (Å²) < 4.78 is 0. The highest BCUT2D eigenvalue weighted by molar-refractivity contribution is 5.72. The number of carboxylic acids is 1. The molecule has 1 amide bonds. The van der Waals surface area contributed by atoms with Gasteiger partial charge in [0, 0.05) is 13.5 Å². The van der Waals surface area contributed by atoms with Crippen LogP contribution in [0.15, 0.2) is 24.3 Å². The number of amides is 1. The lowest BCUT2D eigenvalue weighted by Gasteiger charge is -2.18. The molecule has 1 aromatic rings. The Morgan fingerprint density at radius 3 is 2.26 bits per heavy atom. The van der Waals surface area contributed by atoms with Crippen molar-refractivity contribution < 1.29 is 24.9 Å². The second kappa shape index (κ2) is 6.86. The van der Waals surface area contributed by atoms with Crippen LogP contribution in [0.1, 0.15) is 24.2 Å². The number of aliphatic hydroxyl groups is 2. The number of carbonyl (C=O) groups is 2. The molecule has 0 heterocycles. The van der Waals surface area contributed by atoms with Crippen molar-refractivity contribution in [2.75, 3.05) is 6.54 Å². The van der Waals surface area contributed by atoms with Crippen molar-refractivity contribution >= 4 is 11.9 Å². The minimum Gasteiger partial charge on any atom is -0.481 e. The molecule has 0 radical (unpaired) electrons. The first kappa shape index (κ1) is 15.1. The van der Waals surface area contributed by atoms with Gasteiger partial charge in [-0.05, 0) is 11.1 Å². The van der Waals surface area contributed by atoms with Crippen LogP contribution in [-0.4, -0.2) is 39.8 Å². The van der Waals surface area contributed by atoms with Crippen molar-refractivity contribution in [2.45, 2.75) is 25.6 Å². The standard InChI is InChI=1S/C13H17NO5/c1-8(15)14-7-11(16)13(19)10-4-2-9(3-5-10)6-12(17)18/h2-5,11,13,16,19H,6-7H2,1H3,(H,14,15)(H,17,18). The van der Waals surface area contributed by atoms with Gasteiger partial charge in [0.1, 0.15) is 12.2 Å². The Balaban J connectivity index is 2.63. The van der Waals surface area contributed by atoms with Crippen LogP contribution in [0.2, 0.25) is 0 Å². The highest BCUT2D eigenvalue weighted by Gasteiger charge is 2.18. The molecule has 0 aliphatic carbocycles. The molecule has 6 nitrogen and oxygen atoms in total. The lowest BCUT2D eigenvalue weighted by Crippen LogP contribution is -2.34. The zero-order valence-electron chi connectivity index (χ0n) is 10.5. The molecule has 19 heavy (non-hydrogen) atoms. The third kappa shape index (κ3) is 5.07. The number of hydrogen-bond acceptors (Lipinski definition) is 4. The molecule has 0 bridgehead atoms. The summed E-state index contributed by atoms with van der Waals surface area (Å²) in [6.45, 7) is 1.27. The summed E-state index contributed by atoms with van der Waals surface area (Å²) in [5.74, 6) is -1.22. The summed E-state index contributed by atoms with van der Waals surface area (Å²) in [6.07, 6.45) is -2.34. The molecule has 0 saturated carbocycles. The molecule has 0 spiro atoms. The second-order valence-electron chi connectivity index (χ2n) is 4.26. The van der Waals surface area contributed by atoms with Crippen molar-refractivity contribution in [3.05, 3.63) is 35.4 Å². The van der Waals surface area contributed by atoms with Crippen molar-refractivity contribution in [3.8, 4) is 0 Å². The van der Waals surface area contributed by atoms with Gasteiger partial charge in [-0.2, -0.15) is 0 Å². The third-order valence-corrected chi connectivity index (χ3v) is 2.60. The molecule has 2 atom stereocenters. The minimum atomic E-state index is -1.13. The van der Waals surface area contributed by atoms with Crippen molar-refractivity contribution in [1.82, 2.24) is 5.32 Å². The van der Waals surface area contributed by atoms with Crippen LogP contribution in [0.3, 0.4) is 0 Å². The molecule has 0 fully saturated rings. The van der Waals surface area contributed by atoms with Crippen LogP contribution in [-0.2, 0) is 16.0 Å². The fourth-order valence-electron chi connectivity index (χ4n) is 1.59. The summed E-state index contributed by atoms with van der Waals surface area (Å²) in [4.78, 5) is 21.2. The molecule has 6 heteroatoms. The number of nitrogens with one attached hydrogen (secondary N) is 1. The molecule has 4 N–H and O–H groups in total. The predicted octanol–water partition coefficient (Wildman–Crippen LogP) is -0.156. The van der Waals surface area contributed by atoms with E-state index in [-0.39, 0.29) is 18.9 Å². The Morgan fingerprint density at radius 2 is 1.79 bits per heavy atom. The number of benzene rings is 1. The molecule has 104 valence electrons. The van der Waals surface area contributed by atoms with Gasteiger partial charge in [0.2, 0.25) is 5.91 Å². The van der Waals surface area contributed by atoms with Crippen LogP contribution in [0.25, 0.3) is 0 Å². The SMILES string of the molecule is CC(=O)NCC(O)C(O)c1ccc(CC(=O)O)cc1. The number of rotatable bonds is 6. The summed E-state index contributed by atoms with van der Waals surface area (Å²) in [6, 6.07) is 6.27. The Labute approximate surface area is 110 Å². The van der Waals surface area contributed by atoms with Gasteiger partial charge in [-0.3, -0.25) is 9.59 Å². The Hall–Kier alpha value is -1.92. The average Bonchev–Trinajstić information content (AvgIpc) is 2.35. The Kier molecular flexibility index (Phi) is 5.47. The molecule has 1 aromatic carbocycles. The van der Waals surface area contributed by atoms with Crippen LogP contribution >= 0.6 is 0 Å². The zero-order valence-corrected chi connectivity index (χ0v) is 10.5. The van der Waals surface area contributed by atoms with Gasteiger partial charge in [-0.15, -0.1) is 0 Å². The molecule has 0 aromatic heterocycles. The number of aliphatic hydroxyl groups excluding tert-OH is 2. The largest absolute Gasteiger partial charge is 0.481 e. The Morgan fingerprint density at radius 1 is 1.21 bits per heavy atom. The first-order chi connectivity index (χ1) is 8.90. The lowest BCUT2D eigenvalue weighted by molar-refractivity contribution is -0.136. The number of carbonyl (C=O) groups excluding carboxylic acids is 1. The molecular formula is C13H17NO5. The average molecular weight is 267 g/mol. The van der Waals surface area contributed by atoms with E-state index in [2.05, 4.69) is 5.32 Å². The molecule has 0 saturated heterocycles. The highest BCUT2D eigenvalue weighted by atomic mass is 16.4. The van der Waals surface area contributed by atoms with E-state index >= 15 is 0 Å². The van der Waals surface area contributed by atoms with E-state index in [9.17, 15) is 19.8 Å². The van der Waals surface area contributed by atoms with Gasteiger partial charge in [0.25, 0.3) is 0 Å². The maximum atomic E-state index is 10.7. The Bertz CT molecular complexity index is 443. The second-order valence-corrected chi connectivity index (χ2v) is 4.26. The highest BCUT2D eigenvalue weighted by Crippen LogP contribution is 2.17. The van der Waals surface area contributed by atoms with Gasteiger partial charge in [-0.1, -0.05) is 24.3 Å². The monoisotopic (exact) mass is 267 g/mol. The van der Waals surface area contributed by atoms with E-state index < -0.39 is 18.2 Å². The van der Waals surface area contributed by atoms with E-state index in [1.165, 1.54) is 6.92 Å². The summed E-state index contributed by atoms with van der Waals surface area (Å²) in [5, 5.41) is 30.6. The van der Waals surface area contributed by atoms with Crippen LogP contribution in [0.5, 0.6) is 0 Å². The molecule has 1 rings (SSSR count). The minimum absolute atomic E-state index is 0.0482. The lowest BCUT2D eigenvalue weighted by atomic mass is 10.0. The fourth-order valence-corrected chi connectivity index (χ4v) is 1.59. The number of carboxylic acid groups (broad SMARTS) is 1. The predicted molar refractivity (Wildman–Crippen MR) is 67.4 cm³/mol. The van der Waals surface area contributed by atoms with E-state index in [4.69, 9.17) is 5.11 Å². The van der Waals surface area contributed by atoms with E-state index in [1.807, 2.05) is 0 Å². The maximum absolute atomic E-state index is 10.7. The normalized spacial score (nSPS) is 13.6. The van der Waals surface area contributed by atoms with Crippen molar-refractivity contribution in [1.29, 1.82) is 0 Å².